The molecule has 0 radical (unpaired) electrons. The summed E-state index contributed by atoms with van der Waals surface area (Å²) in [4.78, 5) is 13.1. The van der Waals surface area contributed by atoms with Gasteiger partial charge < -0.3 is 4.90 Å². The summed E-state index contributed by atoms with van der Waals surface area (Å²) in [5.74, 6) is 1.46. The minimum Gasteiger partial charge on any atom is -0.341 e. The van der Waals surface area contributed by atoms with Crippen molar-refractivity contribution in [2.75, 3.05) is 29.9 Å². The lowest BCUT2D eigenvalue weighted by Crippen LogP contribution is -2.41. The van der Waals surface area contributed by atoms with E-state index in [0.717, 1.165) is 0 Å². The third kappa shape index (κ3) is 2.86. The summed E-state index contributed by atoms with van der Waals surface area (Å²) in [6.07, 6.45) is 0.548. The summed E-state index contributed by atoms with van der Waals surface area (Å²) in [5, 5.41) is 0.714. The lowest BCUT2D eigenvalue weighted by Gasteiger charge is -2.26. The Balaban J connectivity index is 2.33. The minimum absolute atomic E-state index is 0.170. The summed E-state index contributed by atoms with van der Waals surface area (Å²) < 4.78 is 11.0. The molecule has 1 aliphatic heterocycles. The van der Waals surface area contributed by atoms with Crippen LogP contribution in [-0.4, -0.2) is 44.9 Å². The fourth-order valence-electron chi connectivity index (χ4n) is 1.13. The molecule has 0 spiro atoms. The van der Waals surface area contributed by atoms with Gasteiger partial charge in [0.2, 0.25) is 5.91 Å². The van der Waals surface area contributed by atoms with Gasteiger partial charge >= 0.3 is 0 Å². The molecule has 1 saturated heterocycles. The quantitative estimate of drug-likeness (QED) is 0.667. The fraction of sp³-hybridized carbons (Fsp3) is 0.857. The highest BCUT2D eigenvalue weighted by Crippen LogP contribution is 2.03. The van der Waals surface area contributed by atoms with Crippen molar-refractivity contribution in [3.8, 4) is 0 Å². The SMILES string of the molecule is O=C(CCBr)N1CCS(=O)CC1. The fourth-order valence-corrected chi connectivity index (χ4v) is 2.52. The van der Waals surface area contributed by atoms with Gasteiger partial charge in [0.25, 0.3) is 0 Å². The molecule has 0 bridgehead atoms. The largest absolute Gasteiger partial charge is 0.341 e. The van der Waals surface area contributed by atoms with E-state index in [2.05, 4.69) is 15.9 Å². The Kier molecular flexibility index (Phi) is 4.21. The molecular formula is C7H12BrNO2S. The molecule has 0 aliphatic carbocycles. The highest BCUT2D eigenvalue weighted by Gasteiger charge is 2.18. The number of hydrogen-bond acceptors (Lipinski definition) is 2. The predicted molar refractivity (Wildman–Crippen MR) is 52.9 cm³/mol. The molecule has 70 valence electrons. The number of halogens is 1. The Morgan fingerprint density at radius 3 is 2.50 bits per heavy atom. The molecule has 3 nitrogen and oxygen atoms in total. The van der Waals surface area contributed by atoms with Gasteiger partial charge in [-0.05, 0) is 0 Å². The maximum absolute atomic E-state index is 11.3. The summed E-state index contributed by atoms with van der Waals surface area (Å²) in [6.45, 7) is 1.33. The van der Waals surface area contributed by atoms with Crippen LogP contribution < -0.4 is 0 Å². The molecule has 0 unspecified atom stereocenters. The van der Waals surface area contributed by atoms with Crippen molar-refractivity contribution < 1.29 is 9.00 Å². The molecule has 0 aromatic heterocycles. The number of alkyl halides is 1. The maximum Gasteiger partial charge on any atom is 0.223 e. The van der Waals surface area contributed by atoms with Gasteiger partial charge in [0, 0.05) is 47.1 Å². The van der Waals surface area contributed by atoms with Crippen LogP contribution in [-0.2, 0) is 15.6 Å². The van der Waals surface area contributed by atoms with Gasteiger partial charge in [-0.15, -0.1) is 0 Å². The molecule has 1 aliphatic rings. The van der Waals surface area contributed by atoms with E-state index in [1.54, 1.807) is 4.90 Å². The molecular weight excluding hydrogens is 242 g/mol. The lowest BCUT2D eigenvalue weighted by atomic mass is 10.4. The number of nitrogens with zero attached hydrogens (tertiary/aromatic N) is 1. The summed E-state index contributed by atoms with van der Waals surface area (Å²) in [6, 6.07) is 0. The molecule has 0 N–H and O–H groups in total. The van der Waals surface area contributed by atoms with Gasteiger partial charge in [0.05, 0.1) is 0 Å². The Hall–Kier alpha value is 0.1000. The summed E-state index contributed by atoms with van der Waals surface area (Å²) in [5.41, 5.74) is 0. The van der Waals surface area contributed by atoms with Crippen molar-refractivity contribution in [2.45, 2.75) is 6.42 Å². The summed E-state index contributed by atoms with van der Waals surface area (Å²) in [7, 11) is -0.687. The number of carbonyl (C=O) groups excluding carboxylic acids is 1. The monoisotopic (exact) mass is 253 g/mol. The molecule has 0 atom stereocenters. The smallest absolute Gasteiger partial charge is 0.223 e. The van der Waals surface area contributed by atoms with Crippen molar-refractivity contribution in [3.63, 3.8) is 0 Å². The minimum atomic E-state index is -0.687. The van der Waals surface area contributed by atoms with E-state index in [9.17, 15) is 9.00 Å². The van der Waals surface area contributed by atoms with Crippen LogP contribution >= 0.6 is 15.9 Å². The first kappa shape index (κ1) is 10.2. The second-order valence-corrected chi connectivity index (χ2v) is 5.16. The topological polar surface area (TPSA) is 37.4 Å². The Morgan fingerprint density at radius 1 is 1.42 bits per heavy atom. The number of amides is 1. The van der Waals surface area contributed by atoms with Crippen molar-refractivity contribution in [3.05, 3.63) is 0 Å². The second kappa shape index (κ2) is 4.97. The third-order valence-electron chi connectivity index (χ3n) is 1.84. The van der Waals surface area contributed by atoms with Crippen LogP contribution in [0.2, 0.25) is 0 Å². The molecule has 0 saturated carbocycles. The summed E-state index contributed by atoms with van der Waals surface area (Å²) >= 11 is 3.22. The zero-order valence-corrected chi connectivity index (χ0v) is 9.20. The Morgan fingerprint density at radius 2 is 2.00 bits per heavy atom. The van der Waals surface area contributed by atoms with Gasteiger partial charge in [0.15, 0.2) is 0 Å². The highest BCUT2D eigenvalue weighted by molar-refractivity contribution is 9.09. The van der Waals surface area contributed by atoms with Gasteiger partial charge in [0.1, 0.15) is 0 Å². The average Bonchev–Trinajstić information content (AvgIpc) is 2.06. The van der Waals surface area contributed by atoms with E-state index in [0.29, 0.717) is 36.3 Å². The van der Waals surface area contributed by atoms with Crippen LogP contribution in [0.5, 0.6) is 0 Å². The van der Waals surface area contributed by atoms with E-state index in [4.69, 9.17) is 0 Å². The van der Waals surface area contributed by atoms with E-state index in [1.165, 1.54) is 0 Å². The highest BCUT2D eigenvalue weighted by atomic mass is 79.9. The molecule has 1 heterocycles. The standard InChI is InChI=1S/C7H12BrNO2S/c8-2-1-7(10)9-3-5-12(11)6-4-9/h1-6H2. The van der Waals surface area contributed by atoms with E-state index < -0.39 is 10.8 Å². The second-order valence-electron chi connectivity index (χ2n) is 2.67. The van der Waals surface area contributed by atoms with E-state index in [-0.39, 0.29) is 5.91 Å². The van der Waals surface area contributed by atoms with E-state index in [1.807, 2.05) is 0 Å². The van der Waals surface area contributed by atoms with Crippen LogP contribution in [0.1, 0.15) is 6.42 Å². The third-order valence-corrected chi connectivity index (χ3v) is 3.51. The molecule has 5 heteroatoms. The first-order valence-corrected chi connectivity index (χ1v) is 6.53. The maximum atomic E-state index is 11.3. The van der Waals surface area contributed by atoms with Crippen LogP contribution in [0.3, 0.4) is 0 Å². The van der Waals surface area contributed by atoms with Crippen LogP contribution in [0, 0.1) is 0 Å². The zero-order valence-electron chi connectivity index (χ0n) is 6.79. The molecule has 1 amide bonds. The first-order valence-electron chi connectivity index (χ1n) is 3.93. The molecule has 0 aromatic rings. The van der Waals surface area contributed by atoms with Crippen molar-refractivity contribution in [2.24, 2.45) is 0 Å². The van der Waals surface area contributed by atoms with Crippen LogP contribution in [0.25, 0.3) is 0 Å². The average molecular weight is 254 g/mol. The van der Waals surface area contributed by atoms with Gasteiger partial charge in [-0.3, -0.25) is 9.00 Å². The zero-order chi connectivity index (χ0) is 8.97. The molecule has 0 aromatic carbocycles. The number of carbonyl (C=O) groups is 1. The molecule has 12 heavy (non-hydrogen) atoms. The van der Waals surface area contributed by atoms with Gasteiger partial charge in [-0.25, -0.2) is 0 Å². The van der Waals surface area contributed by atoms with Gasteiger partial charge in [-0.1, -0.05) is 15.9 Å². The van der Waals surface area contributed by atoms with Crippen molar-refractivity contribution in [1.29, 1.82) is 0 Å². The number of hydrogen-bond donors (Lipinski definition) is 0. The van der Waals surface area contributed by atoms with Crippen LogP contribution in [0.4, 0.5) is 0 Å². The predicted octanol–water partition coefficient (Wildman–Crippen LogP) is 0.362. The molecule has 1 fully saturated rings. The Labute approximate surface area is 83.1 Å². The van der Waals surface area contributed by atoms with Crippen molar-refractivity contribution >= 4 is 32.6 Å². The van der Waals surface area contributed by atoms with Crippen molar-refractivity contribution in [1.82, 2.24) is 4.90 Å². The van der Waals surface area contributed by atoms with Crippen LogP contribution in [0.15, 0.2) is 0 Å². The molecule has 1 rings (SSSR count). The Bertz CT molecular complexity index is 188. The normalized spacial score (nSPS) is 19.6. The lowest BCUT2D eigenvalue weighted by molar-refractivity contribution is -0.130. The number of rotatable bonds is 2. The van der Waals surface area contributed by atoms with E-state index >= 15 is 0 Å². The first-order chi connectivity index (χ1) is 5.74. The van der Waals surface area contributed by atoms with Gasteiger partial charge in [-0.2, -0.15) is 0 Å².